The van der Waals surface area contributed by atoms with Crippen molar-refractivity contribution in [3.05, 3.63) is 53.3 Å². The first kappa shape index (κ1) is 27.8. The number of halogens is 2. The van der Waals surface area contributed by atoms with Crippen molar-refractivity contribution in [1.82, 2.24) is 25.7 Å². The lowest BCUT2D eigenvalue weighted by atomic mass is 9.71. The van der Waals surface area contributed by atoms with Crippen LogP contribution in [0.1, 0.15) is 73.4 Å². The summed E-state index contributed by atoms with van der Waals surface area (Å²) >= 11 is 0. The first-order chi connectivity index (χ1) is 18.4. The van der Waals surface area contributed by atoms with E-state index >= 15 is 0 Å². The van der Waals surface area contributed by atoms with Crippen LogP contribution in [0.2, 0.25) is 0 Å². The van der Waals surface area contributed by atoms with E-state index in [1.165, 1.54) is 23.5 Å². The van der Waals surface area contributed by atoms with Gasteiger partial charge < -0.3 is 10.1 Å². The van der Waals surface area contributed by atoms with E-state index in [0.717, 1.165) is 58.4 Å². The van der Waals surface area contributed by atoms with E-state index in [4.69, 9.17) is 4.74 Å². The Balaban J connectivity index is 0.00000164. The van der Waals surface area contributed by atoms with Crippen LogP contribution in [0.5, 0.6) is 0 Å². The standard InChI is InChI=1S/C25H30F2N6O3.C2H6/c26-21(27)23(35)32-31-22(34)18-12-28-24(29-13-18)30-25(7-2-8-25)19-4-1-3-17(11-19)16-5-9-33(10-6-16)20-14-36-15-20;1-2/h1,3-4,11-13,16,20-21H,2,5-10,14-15H2,(H,31,34)(H,32,35)(H,28,29,30);1-2H3. The van der Waals surface area contributed by atoms with Crippen molar-refractivity contribution >= 4 is 17.8 Å². The van der Waals surface area contributed by atoms with Crippen molar-refractivity contribution < 1.29 is 23.1 Å². The number of nitrogens with one attached hydrogen (secondary N) is 3. The molecule has 0 bridgehead atoms. The fraction of sp³-hybridized carbons (Fsp3) is 0.556. The van der Waals surface area contributed by atoms with Gasteiger partial charge in [0.1, 0.15) is 0 Å². The molecule has 0 unspecified atom stereocenters. The zero-order valence-electron chi connectivity index (χ0n) is 21.9. The van der Waals surface area contributed by atoms with Gasteiger partial charge in [0, 0.05) is 12.4 Å². The Kier molecular flexibility index (Phi) is 9.22. The number of likely N-dealkylation sites (tertiary alicyclic amines) is 1. The van der Waals surface area contributed by atoms with Gasteiger partial charge in [0.05, 0.1) is 30.4 Å². The maximum absolute atomic E-state index is 12.3. The molecular formula is C27H36F2N6O3. The summed E-state index contributed by atoms with van der Waals surface area (Å²) in [6.07, 6.45) is 4.63. The van der Waals surface area contributed by atoms with Gasteiger partial charge in [-0.25, -0.2) is 9.97 Å². The Bertz CT molecular complexity index is 1080. The van der Waals surface area contributed by atoms with Gasteiger partial charge in [-0.2, -0.15) is 8.78 Å². The average molecular weight is 531 g/mol. The molecule has 0 radical (unpaired) electrons. The van der Waals surface area contributed by atoms with Crippen molar-refractivity contribution in [2.45, 2.75) is 69.9 Å². The number of carbonyl (C=O) groups excluding carboxylic acids is 2. The minimum atomic E-state index is -3.22. The van der Waals surface area contributed by atoms with E-state index in [-0.39, 0.29) is 11.1 Å². The minimum absolute atomic E-state index is 0.0413. The molecule has 2 amide bonds. The van der Waals surface area contributed by atoms with Crippen LogP contribution in [0.3, 0.4) is 0 Å². The van der Waals surface area contributed by atoms with Crippen LogP contribution in [0.4, 0.5) is 14.7 Å². The highest BCUT2D eigenvalue weighted by Gasteiger charge is 2.40. The third kappa shape index (κ3) is 6.27. The molecule has 1 saturated carbocycles. The number of piperidine rings is 1. The summed E-state index contributed by atoms with van der Waals surface area (Å²) in [6.45, 7) is 7.92. The van der Waals surface area contributed by atoms with Crippen molar-refractivity contribution in [2.24, 2.45) is 0 Å². The normalized spacial score (nSPS) is 19.4. The Hall–Kier alpha value is -3.18. The first-order valence-corrected chi connectivity index (χ1v) is 13.3. The van der Waals surface area contributed by atoms with Gasteiger partial charge in [0.15, 0.2) is 0 Å². The van der Waals surface area contributed by atoms with Gasteiger partial charge in [0.2, 0.25) is 5.95 Å². The second-order valence-electron chi connectivity index (χ2n) is 9.73. The van der Waals surface area contributed by atoms with E-state index in [1.54, 1.807) is 5.43 Å². The summed E-state index contributed by atoms with van der Waals surface area (Å²) < 4.78 is 29.9. The third-order valence-electron chi connectivity index (χ3n) is 7.55. The number of anilines is 1. The van der Waals surface area contributed by atoms with Crippen LogP contribution in [-0.2, 0) is 15.1 Å². The summed E-state index contributed by atoms with van der Waals surface area (Å²) in [4.78, 5) is 34.0. The molecule has 38 heavy (non-hydrogen) atoms. The highest BCUT2D eigenvalue weighted by Crippen LogP contribution is 2.44. The molecule has 1 aromatic carbocycles. The van der Waals surface area contributed by atoms with E-state index in [0.29, 0.717) is 17.9 Å². The molecular weight excluding hydrogens is 494 g/mol. The smallest absolute Gasteiger partial charge is 0.317 e. The number of aromatic nitrogens is 2. The largest absolute Gasteiger partial charge is 0.378 e. The number of nitrogens with zero attached hydrogens (tertiary/aromatic N) is 3. The van der Waals surface area contributed by atoms with Gasteiger partial charge >= 0.3 is 12.3 Å². The number of alkyl halides is 2. The van der Waals surface area contributed by atoms with Crippen molar-refractivity contribution in [3.63, 3.8) is 0 Å². The van der Waals surface area contributed by atoms with Gasteiger partial charge in [-0.1, -0.05) is 38.1 Å². The summed E-state index contributed by atoms with van der Waals surface area (Å²) in [7, 11) is 0. The van der Waals surface area contributed by atoms with E-state index in [9.17, 15) is 18.4 Å². The summed E-state index contributed by atoms with van der Waals surface area (Å²) in [6, 6.07) is 9.39. The fourth-order valence-electron chi connectivity index (χ4n) is 5.11. The Morgan fingerprint density at radius 3 is 2.32 bits per heavy atom. The zero-order valence-corrected chi connectivity index (χ0v) is 21.9. The lowest BCUT2D eigenvalue weighted by Crippen LogP contribution is -2.51. The fourth-order valence-corrected chi connectivity index (χ4v) is 5.11. The molecule has 2 aliphatic heterocycles. The number of hydrazine groups is 1. The highest BCUT2D eigenvalue weighted by molar-refractivity contribution is 5.95. The molecule has 3 fully saturated rings. The topological polar surface area (TPSA) is 108 Å². The van der Waals surface area contributed by atoms with E-state index < -0.39 is 18.2 Å². The Morgan fingerprint density at radius 1 is 1.08 bits per heavy atom. The minimum Gasteiger partial charge on any atom is -0.378 e. The number of hydrogen-bond acceptors (Lipinski definition) is 7. The number of hydrogen-bond donors (Lipinski definition) is 3. The Labute approximate surface area is 221 Å². The summed E-state index contributed by atoms with van der Waals surface area (Å²) in [5.74, 6) is -1.45. The third-order valence-corrected chi connectivity index (χ3v) is 7.55. The molecule has 206 valence electrons. The lowest BCUT2D eigenvalue weighted by Gasteiger charge is -2.44. The van der Waals surface area contributed by atoms with Crippen molar-refractivity contribution in [2.75, 3.05) is 31.6 Å². The summed E-state index contributed by atoms with van der Waals surface area (Å²) in [5, 5.41) is 3.46. The van der Waals surface area contributed by atoms with Gasteiger partial charge in [-0.05, 0) is 62.2 Å². The second-order valence-corrected chi connectivity index (χ2v) is 9.73. The monoisotopic (exact) mass is 530 g/mol. The molecule has 5 rings (SSSR count). The van der Waals surface area contributed by atoms with Crippen molar-refractivity contribution in [1.29, 1.82) is 0 Å². The van der Waals surface area contributed by atoms with E-state index in [1.807, 2.05) is 19.3 Å². The molecule has 0 atom stereocenters. The highest BCUT2D eigenvalue weighted by atomic mass is 19.3. The molecule has 2 saturated heterocycles. The van der Waals surface area contributed by atoms with Crippen LogP contribution in [0, 0.1) is 0 Å². The van der Waals surface area contributed by atoms with E-state index in [2.05, 4.69) is 44.5 Å². The van der Waals surface area contributed by atoms with Gasteiger partial charge in [-0.3, -0.25) is 25.3 Å². The predicted octanol–water partition coefficient (Wildman–Crippen LogP) is 3.60. The average Bonchev–Trinajstić information content (AvgIpc) is 2.90. The molecule has 1 aliphatic carbocycles. The molecule has 1 aromatic heterocycles. The van der Waals surface area contributed by atoms with Crippen LogP contribution in [0.15, 0.2) is 36.7 Å². The van der Waals surface area contributed by atoms with Crippen LogP contribution >= 0.6 is 0 Å². The molecule has 11 heteroatoms. The Morgan fingerprint density at radius 2 is 1.76 bits per heavy atom. The van der Waals surface area contributed by atoms with Crippen molar-refractivity contribution in [3.8, 4) is 0 Å². The van der Waals surface area contributed by atoms with Crippen LogP contribution in [0.25, 0.3) is 0 Å². The maximum Gasteiger partial charge on any atom is 0.317 e. The number of ether oxygens (including phenoxy) is 1. The lowest BCUT2D eigenvalue weighted by molar-refractivity contribution is -0.132. The number of amides is 2. The van der Waals surface area contributed by atoms with Gasteiger partial charge in [0.25, 0.3) is 5.91 Å². The number of rotatable bonds is 7. The molecule has 3 N–H and O–H groups in total. The first-order valence-electron chi connectivity index (χ1n) is 13.3. The quantitative estimate of drug-likeness (QED) is 0.470. The summed E-state index contributed by atoms with van der Waals surface area (Å²) in [5.41, 5.74) is 5.92. The van der Waals surface area contributed by atoms with Crippen LogP contribution < -0.4 is 16.2 Å². The molecule has 9 nitrogen and oxygen atoms in total. The second kappa shape index (κ2) is 12.6. The van der Waals surface area contributed by atoms with Gasteiger partial charge in [-0.15, -0.1) is 0 Å². The molecule has 2 aromatic rings. The van der Waals surface area contributed by atoms with Crippen LogP contribution in [-0.4, -0.2) is 65.5 Å². The predicted molar refractivity (Wildman–Crippen MR) is 139 cm³/mol. The molecule has 0 spiro atoms. The zero-order chi connectivity index (χ0) is 27.1. The number of benzene rings is 1. The maximum atomic E-state index is 12.3. The SMILES string of the molecule is CC.O=C(NNC(=O)C(F)F)c1cnc(NC2(c3cccc(C4CCN(C5COC5)CC4)c3)CCC2)nc1. The molecule has 3 heterocycles. The number of carbonyl (C=O) groups is 2. The molecule has 3 aliphatic rings.